The molecule has 4 atom stereocenters. The first kappa shape index (κ1) is 12.4. The van der Waals surface area contributed by atoms with Crippen LogP contribution < -0.4 is 5.32 Å². The van der Waals surface area contributed by atoms with Crippen molar-refractivity contribution >= 4 is 0 Å². The minimum absolute atomic E-state index is 0.285. The molecule has 1 nitrogen and oxygen atoms in total. The van der Waals surface area contributed by atoms with Gasteiger partial charge in [0, 0.05) is 5.54 Å². The third-order valence-corrected chi connectivity index (χ3v) is 4.96. The van der Waals surface area contributed by atoms with Crippen LogP contribution in [0, 0.1) is 23.2 Å². The maximum Gasteiger partial charge on any atom is 0.00966 e. The van der Waals surface area contributed by atoms with Gasteiger partial charge in [0.15, 0.2) is 0 Å². The summed E-state index contributed by atoms with van der Waals surface area (Å²) >= 11 is 0. The lowest BCUT2D eigenvalue weighted by molar-refractivity contribution is 0.161. The predicted octanol–water partition coefficient (Wildman–Crippen LogP) is 3.84. The van der Waals surface area contributed by atoms with Gasteiger partial charge in [-0.25, -0.2) is 0 Å². The van der Waals surface area contributed by atoms with Crippen molar-refractivity contribution in [2.45, 2.75) is 65.8 Å². The summed E-state index contributed by atoms with van der Waals surface area (Å²) in [6.45, 7) is 13.0. The molecule has 2 fully saturated rings. The SMILES string of the molecule is CC1CCC(C)C2(C1)CC2CNC(C)(C)C. The van der Waals surface area contributed by atoms with Crippen LogP contribution in [0.5, 0.6) is 0 Å². The number of hydrogen-bond acceptors (Lipinski definition) is 1. The number of nitrogens with one attached hydrogen (secondary N) is 1. The van der Waals surface area contributed by atoms with E-state index in [0.717, 1.165) is 23.2 Å². The zero-order valence-electron chi connectivity index (χ0n) is 11.8. The molecule has 0 heterocycles. The van der Waals surface area contributed by atoms with Crippen molar-refractivity contribution < 1.29 is 0 Å². The molecule has 0 aromatic carbocycles. The summed E-state index contributed by atoms with van der Waals surface area (Å²) in [6, 6.07) is 0. The Kier molecular flexibility index (Phi) is 3.11. The van der Waals surface area contributed by atoms with Gasteiger partial charge in [-0.15, -0.1) is 0 Å². The molecule has 2 saturated carbocycles. The maximum absolute atomic E-state index is 3.69. The van der Waals surface area contributed by atoms with Gasteiger partial charge in [-0.3, -0.25) is 0 Å². The van der Waals surface area contributed by atoms with Crippen LogP contribution in [0.15, 0.2) is 0 Å². The van der Waals surface area contributed by atoms with Crippen LogP contribution in [-0.4, -0.2) is 12.1 Å². The highest BCUT2D eigenvalue weighted by molar-refractivity contribution is 5.08. The largest absolute Gasteiger partial charge is 0.312 e. The third-order valence-electron chi connectivity index (χ3n) is 4.96. The first-order chi connectivity index (χ1) is 7.33. The summed E-state index contributed by atoms with van der Waals surface area (Å²) in [5.74, 6) is 2.90. The molecule has 2 rings (SSSR count). The Bertz CT molecular complexity index is 253. The van der Waals surface area contributed by atoms with E-state index in [2.05, 4.69) is 39.9 Å². The summed E-state index contributed by atoms with van der Waals surface area (Å²) in [7, 11) is 0. The molecule has 0 bridgehead atoms. The van der Waals surface area contributed by atoms with Gasteiger partial charge in [0.2, 0.25) is 0 Å². The lowest BCUT2D eigenvalue weighted by atomic mass is 9.71. The Labute approximate surface area is 101 Å². The van der Waals surface area contributed by atoms with E-state index in [1.807, 2.05) is 0 Å². The quantitative estimate of drug-likeness (QED) is 0.750. The second-order valence-electron chi connectivity index (χ2n) is 7.55. The average molecular weight is 223 g/mol. The molecule has 0 saturated heterocycles. The Morgan fingerprint density at radius 3 is 2.44 bits per heavy atom. The molecule has 0 aliphatic heterocycles. The van der Waals surface area contributed by atoms with Crippen molar-refractivity contribution in [3.8, 4) is 0 Å². The predicted molar refractivity (Wildman–Crippen MR) is 70.5 cm³/mol. The molecule has 16 heavy (non-hydrogen) atoms. The molecule has 4 unspecified atom stereocenters. The first-order valence-corrected chi connectivity index (χ1v) is 7.08. The molecule has 2 aliphatic carbocycles. The molecule has 1 heteroatoms. The van der Waals surface area contributed by atoms with Gasteiger partial charge in [0.25, 0.3) is 0 Å². The zero-order chi connectivity index (χ0) is 12.0. The molecular weight excluding hydrogens is 194 g/mol. The fourth-order valence-corrected chi connectivity index (χ4v) is 3.73. The maximum atomic E-state index is 3.69. The Morgan fingerprint density at radius 2 is 1.81 bits per heavy atom. The summed E-state index contributed by atoms with van der Waals surface area (Å²) < 4.78 is 0. The second kappa shape index (κ2) is 4.01. The van der Waals surface area contributed by atoms with E-state index in [-0.39, 0.29) is 5.54 Å². The van der Waals surface area contributed by atoms with Crippen molar-refractivity contribution in [2.75, 3.05) is 6.54 Å². The molecule has 1 N–H and O–H groups in total. The molecule has 1 spiro atoms. The van der Waals surface area contributed by atoms with Gasteiger partial charge in [-0.05, 0) is 69.7 Å². The fraction of sp³-hybridized carbons (Fsp3) is 1.00. The lowest BCUT2D eigenvalue weighted by Gasteiger charge is -2.35. The molecule has 94 valence electrons. The van der Waals surface area contributed by atoms with E-state index >= 15 is 0 Å². The van der Waals surface area contributed by atoms with Crippen molar-refractivity contribution in [1.29, 1.82) is 0 Å². The normalized spacial score (nSPS) is 43.7. The van der Waals surface area contributed by atoms with E-state index in [9.17, 15) is 0 Å². The highest BCUT2D eigenvalue weighted by Gasteiger charge is 2.58. The number of hydrogen-bond donors (Lipinski definition) is 1. The topological polar surface area (TPSA) is 12.0 Å². The van der Waals surface area contributed by atoms with Crippen LogP contribution in [-0.2, 0) is 0 Å². The lowest BCUT2D eigenvalue weighted by Crippen LogP contribution is -2.38. The van der Waals surface area contributed by atoms with Crippen LogP contribution in [0.3, 0.4) is 0 Å². The summed E-state index contributed by atoms with van der Waals surface area (Å²) in [6.07, 6.45) is 5.90. The summed E-state index contributed by atoms with van der Waals surface area (Å²) in [4.78, 5) is 0. The minimum atomic E-state index is 0.285. The first-order valence-electron chi connectivity index (χ1n) is 7.08. The van der Waals surface area contributed by atoms with E-state index in [0.29, 0.717) is 0 Å². The van der Waals surface area contributed by atoms with Crippen molar-refractivity contribution in [3.05, 3.63) is 0 Å². The fourth-order valence-electron chi connectivity index (χ4n) is 3.73. The smallest absolute Gasteiger partial charge is 0.00966 e. The van der Waals surface area contributed by atoms with Crippen molar-refractivity contribution in [1.82, 2.24) is 5.32 Å². The van der Waals surface area contributed by atoms with E-state index in [1.54, 1.807) is 0 Å². The highest BCUT2D eigenvalue weighted by atomic mass is 15.0. The van der Waals surface area contributed by atoms with Crippen LogP contribution in [0.1, 0.15) is 60.3 Å². The van der Waals surface area contributed by atoms with E-state index < -0.39 is 0 Å². The molecule has 2 aliphatic rings. The van der Waals surface area contributed by atoms with Gasteiger partial charge < -0.3 is 5.32 Å². The van der Waals surface area contributed by atoms with Gasteiger partial charge in [-0.1, -0.05) is 20.3 Å². The minimum Gasteiger partial charge on any atom is -0.312 e. The van der Waals surface area contributed by atoms with Crippen LogP contribution in [0.4, 0.5) is 0 Å². The Morgan fingerprint density at radius 1 is 1.12 bits per heavy atom. The Balaban J connectivity index is 1.87. The van der Waals surface area contributed by atoms with Crippen molar-refractivity contribution in [2.24, 2.45) is 23.2 Å². The Hall–Kier alpha value is -0.0400. The summed E-state index contributed by atoms with van der Waals surface area (Å²) in [5.41, 5.74) is 1.02. The van der Waals surface area contributed by atoms with Gasteiger partial charge in [0.1, 0.15) is 0 Å². The van der Waals surface area contributed by atoms with Gasteiger partial charge in [-0.2, -0.15) is 0 Å². The van der Waals surface area contributed by atoms with Gasteiger partial charge in [0.05, 0.1) is 0 Å². The van der Waals surface area contributed by atoms with Crippen LogP contribution in [0.2, 0.25) is 0 Å². The second-order valence-corrected chi connectivity index (χ2v) is 7.55. The molecular formula is C15H29N. The third kappa shape index (κ3) is 2.45. The highest BCUT2D eigenvalue weighted by Crippen LogP contribution is 2.64. The van der Waals surface area contributed by atoms with Crippen LogP contribution >= 0.6 is 0 Å². The molecule has 0 radical (unpaired) electrons. The van der Waals surface area contributed by atoms with Crippen LogP contribution in [0.25, 0.3) is 0 Å². The average Bonchev–Trinajstić information content (AvgIpc) is 2.83. The molecule has 0 amide bonds. The van der Waals surface area contributed by atoms with Crippen molar-refractivity contribution in [3.63, 3.8) is 0 Å². The molecule has 0 aromatic heterocycles. The van der Waals surface area contributed by atoms with Gasteiger partial charge >= 0.3 is 0 Å². The molecule has 0 aromatic rings. The number of rotatable bonds is 2. The van der Waals surface area contributed by atoms with E-state index in [4.69, 9.17) is 0 Å². The zero-order valence-corrected chi connectivity index (χ0v) is 11.8. The van der Waals surface area contributed by atoms with E-state index in [1.165, 1.54) is 32.2 Å². The monoisotopic (exact) mass is 223 g/mol. The summed E-state index contributed by atoms with van der Waals surface area (Å²) in [5, 5.41) is 3.69. The standard InChI is InChI=1S/C15H29N/c1-11-6-7-12(2)15(8-11)9-13(15)10-16-14(3,4)5/h11-13,16H,6-10H2,1-5H3.